The van der Waals surface area contributed by atoms with Crippen molar-refractivity contribution in [3.63, 3.8) is 0 Å². The van der Waals surface area contributed by atoms with Crippen LogP contribution in [0.3, 0.4) is 0 Å². The van der Waals surface area contributed by atoms with Crippen molar-refractivity contribution in [1.29, 1.82) is 0 Å². The van der Waals surface area contributed by atoms with Crippen molar-refractivity contribution >= 4 is 10.9 Å². The molecule has 1 aromatic carbocycles. The lowest BCUT2D eigenvalue weighted by Gasteiger charge is -2.09. The zero-order chi connectivity index (χ0) is 14.3. The third-order valence-electron chi connectivity index (χ3n) is 3.57. The van der Waals surface area contributed by atoms with E-state index in [1.807, 2.05) is 63.5 Å². The van der Waals surface area contributed by atoms with Crippen molar-refractivity contribution in [2.75, 3.05) is 0 Å². The van der Waals surface area contributed by atoms with Gasteiger partial charge in [-0.1, -0.05) is 29.8 Å². The van der Waals surface area contributed by atoms with Crippen molar-refractivity contribution in [1.82, 2.24) is 9.55 Å². The Morgan fingerprint density at radius 2 is 1.90 bits per heavy atom. The molecule has 2 aromatic heterocycles. The third kappa shape index (κ3) is 2.01. The molecule has 0 amide bonds. The number of hydrogen-bond donors (Lipinski definition) is 0. The molecule has 0 aliphatic rings. The Labute approximate surface area is 117 Å². The molecule has 0 aliphatic heterocycles. The summed E-state index contributed by atoms with van der Waals surface area (Å²) in [6.07, 6.45) is 1.82. The van der Waals surface area contributed by atoms with Gasteiger partial charge in [0.15, 0.2) is 0 Å². The summed E-state index contributed by atoms with van der Waals surface area (Å²) in [5.41, 5.74) is 4.66. The Bertz CT molecular complexity index is 862. The highest BCUT2D eigenvalue weighted by Crippen LogP contribution is 2.21. The monoisotopic (exact) mass is 264 g/mol. The van der Waals surface area contributed by atoms with Gasteiger partial charge in [-0.3, -0.25) is 9.78 Å². The first kappa shape index (κ1) is 12.6. The van der Waals surface area contributed by atoms with Crippen LogP contribution in [0.1, 0.15) is 11.3 Å². The van der Waals surface area contributed by atoms with Crippen LogP contribution < -0.4 is 5.56 Å². The lowest BCUT2D eigenvalue weighted by atomic mass is 10.0. The Balaban J connectivity index is 2.35. The molecule has 0 fully saturated rings. The van der Waals surface area contributed by atoms with Gasteiger partial charge in [0.1, 0.15) is 0 Å². The van der Waals surface area contributed by atoms with E-state index < -0.39 is 0 Å². The molecule has 3 nitrogen and oxygen atoms in total. The number of hydrogen-bond acceptors (Lipinski definition) is 2. The molecule has 0 saturated heterocycles. The molecule has 0 atom stereocenters. The molecular weight excluding hydrogens is 248 g/mol. The van der Waals surface area contributed by atoms with Gasteiger partial charge >= 0.3 is 0 Å². The van der Waals surface area contributed by atoms with Crippen LogP contribution in [-0.4, -0.2) is 9.55 Å². The lowest BCUT2D eigenvalue weighted by molar-refractivity contribution is 0.905. The number of aromatic nitrogens is 2. The first-order chi connectivity index (χ1) is 9.56. The average molecular weight is 264 g/mol. The Morgan fingerprint density at radius 1 is 1.10 bits per heavy atom. The van der Waals surface area contributed by atoms with E-state index in [4.69, 9.17) is 0 Å². The van der Waals surface area contributed by atoms with E-state index in [0.717, 1.165) is 27.7 Å². The fourth-order valence-electron chi connectivity index (χ4n) is 2.48. The van der Waals surface area contributed by atoms with E-state index in [-0.39, 0.29) is 5.56 Å². The van der Waals surface area contributed by atoms with Crippen LogP contribution in [0.4, 0.5) is 0 Å². The topological polar surface area (TPSA) is 34.9 Å². The van der Waals surface area contributed by atoms with Crippen molar-refractivity contribution in [3.05, 3.63) is 64.2 Å². The second-order valence-electron chi connectivity index (χ2n) is 5.18. The fraction of sp³-hybridized carbons (Fsp3) is 0.176. The molecule has 0 N–H and O–H groups in total. The van der Waals surface area contributed by atoms with Gasteiger partial charge < -0.3 is 4.57 Å². The summed E-state index contributed by atoms with van der Waals surface area (Å²) in [5, 5.41) is 0.981. The first-order valence-corrected chi connectivity index (χ1v) is 6.60. The second-order valence-corrected chi connectivity index (χ2v) is 5.18. The van der Waals surface area contributed by atoms with E-state index in [9.17, 15) is 4.79 Å². The molecule has 3 rings (SSSR count). The minimum atomic E-state index is 0.0219. The van der Waals surface area contributed by atoms with Gasteiger partial charge in [-0.05, 0) is 31.5 Å². The highest BCUT2D eigenvalue weighted by atomic mass is 16.1. The molecule has 20 heavy (non-hydrogen) atoms. The maximum Gasteiger partial charge on any atom is 0.258 e. The Hall–Kier alpha value is -2.42. The van der Waals surface area contributed by atoms with E-state index in [2.05, 4.69) is 4.98 Å². The number of benzene rings is 1. The zero-order valence-electron chi connectivity index (χ0n) is 11.8. The van der Waals surface area contributed by atoms with Gasteiger partial charge in [0.05, 0.1) is 5.52 Å². The smallest absolute Gasteiger partial charge is 0.258 e. The van der Waals surface area contributed by atoms with Gasteiger partial charge in [-0.25, -0.2) is 0 Å². The summed E-state index contributed by atoms with van der Waals surface area (Å²) in [7, 11) is 1.81. The molecule has 0 aliphatic carbocycles. The van der Waals surface area contributed by atoms with Crippen LogP contribution in [0.5, 0.6) is 0 Å². The molecule has 0 spiro atoms. The molecule has 0 radical (unpaired) electrons. The summed E-state index contributed by atoms with van der Waals surface area (Å²) >= 11 is 0. The molecular formula is C17H16N2O. The largest absolute Gasteiger partial charge is 0.311 e. The van der Waals surface area contributed by atoms with Gasteiger partial charge in [0.2, 0.25) is 0 Å². The summed E-state index contributed by atoms with van der Waals surface area (Å²) in [6.45, 7) is 3.96. The average Bonchev–Trinajstić information content (AvgIpc) is 2.43. The quantitative estimate of drug-likeness (QED) is 0.676. The highest BCUT2D eigenvalue weighted by Gasteiger charge is 2.09. The van der Waals surface area contributed by atoms with Gasteiger partial charge in [0, 0.05) is 29.9 Å². The van der Waals surface area contributed by atoms with Crippen molar-refractivity contribution in [3.8, 4) is 11.1 Å². The maximum absolute atomic E-state index is 12.5. The van der Waals surface area contributed by atoms with Crippen LogP contribution in [-0.2, 0) is 7.05 Å². The molecule has 0 saturated carbocycles. The number of pyridine rings is 2. The second kappa shape index (κ2) is 4.60. The van der Waals surface area contributed by atoms with Gasteiger partial charge in [-0.2, -0.15) is 0 Å². The van der Waals surface area contributed by atoms with E-state index >= 15 is 0 Å². The van der Waals surface area contributed by atoms with Crippen molar-refractivity contribution < 1.29 is 0 Å². The van der Waals surface area contributed by atoms with Crippen LogP contribution in [0.25, 0.3) is 22.0 Å². The number of aryl methyl sites for hydroxylation is 3. The first-order valence-electron chi connectivity index (χ1n) is 6.60. The fourth-order valence-corrected chi connectivity index (χ4v) is 2.48. The number of fused-ring (bicyclic) bond motifs is 1. The van der Waals surface area contributed by atoms with Gasteiger partial charge in [0.25, 0.3) is 5.56 Å². The van der Waals surface area contributed by atoms with Crippen LogP contribution >= 0.6 is 0 Å². The van der Waals surface area contributed by atoms with Crippen LogP contribution in [0.15, 0.2) is 47.4 Å². The molecule has 2 heterocycles. The predicted molar refractivity (Wildman–Crippen MR) is 81.9 cm³/mol. The van der Waals surface area contributed by atoms with Crippen LogP contribution in [0, 0.1) is 13.8 Å². The molecule has 100 valence electrons. The van der Waals surface area contributed by atoms with Gasteiger partial charge in [-0.15, -0.1) is 0 Å². The highest BCUT2D eigenvalue weighted by molar-refractivity contribution is 5.83. The molecule has 0 unspecified atom stereocenters. The Kier molecular flexibility index (Phi) is 2.90. The minimum Gasteiger partial charge on any atom is -0.311 e. The SMILES string of the molecule is Cc1cccc(-c2cc3cnc(C)cc3n(C)c2=O)c1. The van der Waals surface area contributed by atoms with Crippen molar-refractivity contribution in [2.24, 2.45) is 7.05 Å². The van der Waals surface area contributed by atoms with Crippen LogP contribution in [0.2, 0.25) is 0 Å². The van der Waals surface area contributed by atoms with E-state index in [1.165, 1.54) is 0 Å². The summed E-state index contributed by atoms with van der Waals surface area (Å²) in [4.78, 5) is 16.9. The molecule has 3 aromatic rings. The number of nitrogens with zero attached hydrogens (tertiary/aromatic N) is 2. The van der Waals surface area contributed by atoms with E-state index in [1.54, 1.807) is 4.57 Å². The van der Waals surface area contributed by atoms with Crippen molar-refractivity contribution in [2.45, 2.75) is 13.8 Å². The zero-order valence-corrected chi connectivity index (χ0v) is 11.8. The predicted octanol–water partition coefficient (Wildman–Crippen LogP) is 3.22. The maximum atomic E-state index is 12.5. The Morgan fingerprint density at radius 3 is 2.65 bits per heavy atom. The summed E-state index contributed by atoms with van der Waals surface area (Å²) < 4.78 is 1.70. The standard InChI is InChI=1S/C17H16N2O/c1-11-5-4-6-13(7-11)15-9-14-10-18-12(2)8-16(14)19(3)17(15)20/h4-10H,1-3H3. The third-order valence-corrected chi connectivity index (χ3v) is 3.57. The summed E-state index contributed by atoms with van der Waals surface area (Å²) in [6, 6.07) is 11.9. The minimum absolute atomic E-state index is 0.0219. The molecule has 3 heteroatoms. The summed E-state index contributed by atoms with van der Waals surface area (Å²) in [5.74, 6) is 0. The molecule has 0 bridgehead atoms. The van der Waals surface area contributed by atoms with E-state index in [0.29, 0.717) is 5.56 Å². The number of rotatable bonds is 1. The normalized spacial score (nSPS) is 10.9. The lowest BCUT2D eigenvalue weighted by Crippen LogP contribution is -2.19.